The molecule has 4 aliphatic rings. The Balaban J connectivity index is 1.66. The highest BCUT2D eigenvalue weighted by molar-refractivity contribution is 5.79. The summed E-state index contributed by atoms with van der Waals surface area (Å²) in [6.07, 6.45) is 10.6. The normalized spacial score (nSPS) is 42.6. The highest BCUT2D eigenvalue weighted by Crippen LogP contribution is 2.81. The molecule has 3 bridgehead atoms. The standard InChI is InChI=1S/C16H22O3/c1-11(17)5-3-2-4-7-16(14(18)19)13-10-15(16)8-6-12(13)9-15/h2-3,12-13H,4-10H2,1H3,(H,18,19)/t12-,13-,15+,16?/m1/s1. The lowest BCUT2D eigenvalue weighted by Gasteiger charge is -2.58. The molecule has 1 N–H and O–H groups in total. The Labute approximate surface area is 114 Å². The van der Waals surface area contributed by atoms with Crippen molar-refractivity contribution >= 4 is 11.8 Å². The van der Waals surface area contributed by atoms with Crippen molar-refractivity contribution in [2.24, 2.45) is 22.7 Å². The average molecular weight is 262 g/mol. The zero-order valence-electron chi connectivity index (χ0n) is 11.5. The van der Waals surface area contributed by atoms with Gasteiger partial charge in [-0.1, -0.05) is 12.2 Å². The topological polar surface area (TPSA) is 54.4 Å². The highest BCUT2D eigenvalue weighted by atomic mass is 16.4. The molecule has 4 atom stereocenters. The second-order valence-corrected chi connectivity index (χ2v) is 6.79. The van der Waals surface area contributed by atoms with Gasteiger partial charge in [0.25, 0.3) is 0 Å². The second-order valence-electron chi connectivity index (χ2n) is 6.79. The van der Waals surface area contributed by atoms with Gasteiger partial charge in [-0.05, 0) is 62.7 Å². The fourth-order valence-electron chi connectivity index (χ4n) is 5.33. The van der Waals surface area contributed by atoms with Gasteiger partial charge < -0.3 is 5.11 Å². The van der Waals surface area contributed by atoms with E-state index in [2.05, 4.69) is 0 Å². The highest BCUT2D eigenvalue weighted by Gasteiger charge is 2.78. The van der Waals surface area contributed by atoms with Crippen LogP contribution in [0.5, 0.6) is 0 Å². The van der Waals surface area contributed by atoms with Gasteiger partial charge in [-0.2, -0.15) is 0 Å². The van der Waals surface area contributed by atoms with Crippen molar-refractivity contribution in [3.63, 3.8) is 0 Å². The number of ketones is 1. The van der Waals surface area contributed by atoms with Gasteiger partial charge in [-0.15, -0.1) is 0 Å². The molecule has 0 saturated heterocycles. The number of rotatable bonds is 6. The summed E-state index contributed by atoms with van der Waals surface area (Å²) in [5.74, 6) is 0.703. The third kappa shape index (κ3) is 1.56. The summed E-state index contributed by atoms with van der Waals surface area (Å²) in [5, 5.41) is 9.75. The first-order valence-electron chi connectivity index (χ1n) is 7.40. The first-order chi connectivity index (χ1) is 9.02. The van der Waals surface area contributed by atoms with Crippen molar-refractivity contribution in [2.75, 3.05) is 0 Å². The van der Waals surface area contributed by atoms with E-state index < -0.39 is 11.4 Å². The largest absolute Gasteiger partial charge is 0.481 e. The number of carbonyl (C=O) groups excluding carboxylic acids is 1. The Kier molecular flexibility index (Phi) is 2.84. The van der Waals surface area contributed by atoms with Crippen molar-refractivity contribution in [1.29, 1.82) is 0 Å². The van der Waals surface area contributed by atoms with Gasteiger partial charge in [-0.25, -0.2) is 0 Å². The van der Waals surface area contributed by atoms with Crippen LogP contribution < -0.4 is 0 Å². The van der Waals surface area contributed by atoms with Gasteiger partial charge in [0.15, 0.2) is 0 Å². The van der Waals surface area contributed by atoms with E-state index in [1.54, 1.807) is 6.92 Å². The predicted molar refractivity (Wildman–Crippen MR) is 71.6 cm³/mol. The van der Waals surface area contributed by atoms with Crippen LogP contribution in [0.25, 0.3) is 0 Å². The molecule has 0 radical (unpaired) electrons. The van der Waals surface area contributed by atoms with Crippen molar-refractivity contribution < 1.29 is 14.7 Å². The molecule has 4 rings (SSSR count). The first kappa shape index (κ1) is 12.9. The van der Waals surface area contributed by atoms with Gasteiger partial charge in [0.05, 0.1) is 5.41 Å². The molecule has 19 heavy (non-hydrogen) atoms. The van der Waals surface area contributed by atoms with Gasteiger partial charge in [0, 0.05) is 6.42 Å². The van der Waals surface area contributed by atoms with Crippen LogP contribution in [0.4, 0.5) is 0 Å². The van der Waals surface area contributed by atoms with Crippen LogP contribution in [-0.4, -0.2) is 16.9 Å². The van der Waals surface area contributed by atoms with Crippen molar-refractivity contribution in [1.82, 2.24) is 0 Å². The minimum Gasteiger partial charge on any atom is -0.481 e. The molecule has 1 spiro atoms. The van der Waals surface area contributed by atoms with Gasteiger partial charge in [0.2, 0.25) is 0 Å². The number of aliphatic carboxylic acids is 1. The quantitative estimate of drug-likeness (QED) is 0.748. The maximum atomic E-state index is 11.8. The van der Waals surface area contributed by atoms with E-state index in [1.807, 2.05) is 12.2 Å². The van der Waals surface area contributed by atoms with E-state index in [1.165, 1.54) is 6.42 Å². The van der Waals surface area contributed by atoms with Crippen LogP contribution in [-0.2, 0) is 9.59 Å². The fraction of sp³-hybridized carbons (Fsp3) is 0.750. The van der Waals surface area contributed by atoms with Crippen molar-refractivity contribution in [3.8, 4) is 0 Å². The smallest absolute Gasteiger partial charge is 0.310 e. The third-order valence-corrected chi connectivity index (χ3v) is 6.06. The molecule has 3 nitrogen and oxygen atoms in total. The lowest BCUT2D eigenvalue weighted by atomic mass is 9.43. The Morgan fingerprint density at radius 2 is 2.11 bits per heavy atom. The van der Waals surface area contributed by atoms with Gasteiger partial charge in [0.1, 0.15) is 5.78 Å². The van der Waals surface area contributed by atoms with Crippen LogP contribution in [0.3, 0.4) is 0 Å². The van der Waals surface area contributed by atoms with E-state index in [4.69, 9.17) is 0 Å². The Morgan fingerprint density at radius 1 is 1.32 bits per heavy atom. The van der Waals surface area contributed by atoms with Crippen LogP contribution in [0.15, 0.2) is 12.2 Å². The van der Waals surface area contributed by atoms with Gasteiger partial charge >= 0.3 is 5.97 Å². The average Bonchev–Trinajstić information content (AvgIpc) is 2.98. The Morgan fingerprint density at radius 3 is 2.58 bits per heavy atom. The van der Waals surface area contributed by atoms with Crippen LogP contribution in [0, 0.1) is 22.7 Å². The molecule has 3 heteroatoms. The SMILES string of the molecule is CC(=O)CC=CCCC1(C(=O)O)[C@@H]2C[C@@]13CC[C@@H]2C3. The molecular weight excluding hydrogens is 240 g/mol. The molecule has 4 aliphatic carbocycles. The summed E-state index contributed by atoms with van der Waals surface area (Å²) in [6.45, 7) is 1.58. The molecule has 0 aromatic rings. The minimum absolute atomic E-state index is 0.128. The summed E-state index contributed by atoms with van der Waals surface area (Å²) in [6, 6.07) is 0. The molecule has 0 aromatic carbocycles. The predicted octanol–water partition coefficient (Wildman–Crippen LogP) is 3.19. The maximum Gasteiger partial charge on any atom is 0.310 e. The van der Waals surface area contributed by atoms with E-state index in [9.17, 15) is 14.7 Å². The zero-order valence-corrected chi connectivity index (χ0v) is 11.5. The number of carboxylic acid groups (broad SMARTS) is 1. The molecule has 0 amide bonds. The zero-order chi connectivity index (χ0) is 13.7. The van der Waals surface area contributed by atoms with Crippen molar-refractivity contribution in [2.45, 2.75) is 51.9 Å². The van der Waals surface area contributed by atoms with E-state index in [0.717, 1.165) is 32.1 Å². The number of Topliss-reactive ketones (excluding diaryl/α,β-unsaturated/α-hetero) is 1. The Hall–Kier alpha value is -1.12. The number of hydrogen-bond donors (Lipinski definition) is 1. The lowest BCUT2D eigenvalue weighted by Crippen LogP contribution is -2.59. The monoisotopic (exact) mass is 262 g/mol. The molecular formula is C16H22O3. The summed E-state index contributed by atoms with van der Waals surface area (Å²) in [4.78, 5) is 22.7. The molecule has 4 fully saturated rings. The number of hydrogen-bond acceptors (Lipinski definition) is 2. The van der Waals surface area contributed by atoms with Crippen LogP contribution in [0.2, 0.25) is 0 Å². The second kappa shape index (κ2) is 4.19. The van der Waals surface area contributed by atoms with E-state index in [0.29, 0.717) is 18.3 Å². The molecule has 0 aromatic heterocycles. The minimum atomic E-state index is -0.564. The van der Waals surface area contributed by atoms with Crippen LogP contribution in [0.1, 0.15) is 51.9 Å². The first-order valence-corrected chi connectivity index (χ1v) is 7.40. The third-order valence-electron chi connectivity index (χ3n) is 6.06. The molecule has 0 aliphatic heterocycles. The maximum absolute atomic E-state index is 11.8. The summed E-state index contributed by atoms with van der Waals surface area (Å²) < 4.78 is 0. The Bertz CT molecular complexity index is 449. The fourth-order valence-corrected chi connectivity index (χ4v) is 5.33. The lowest BCUT2D eigenvalue weighted by molar-refractivity contribution is -0.188. The van der Waals surface area contributed by atoms with Gasteiger partial charge in [-0.3, -0.25) is 9.59 Å². The number of carbonyl (C=O) groups is 2. The number of carboxylic acids is 1. The molecule has 104 valence electrons. The van der Waals surface area contributed by atoms with E-state index >= 15 is 0 Å². The molecule has 1 unspecified atom stereocenters. The van der Waals surface area contributed by atoms with Crippen molar-refractivity contribution in [3.05, 3.63) is 12.2 Å². The number of allylic oxidation sites excluding steroid dienone is 2. The summed E-state index contributed by atoms with van der Waals surface area (Å²) in [5.41, 5.74) is -0.306. The summed E-state index contributed by atoms with van der Waals surface area (Å²) >= 11 is 0. The molecule has 4 saturated carbocycles. The summed E-state index contributed by atoms with van der Waals surface area (Å²) in [7, 11) is 0. The molecule has 0 heterocycles. The van der Waals surface area contributed by atoms with Crippen LogP contribution >= 0.6 is 0 Å². The van der Waals surface area contributed by atoms with E-state index in [-0.39, 0.29) is 11.2 Å².